The first kappa shape index (κ1) is 17.4. The SMILES string of the molecule is C=C(C(=O)OCCN)C(C)C.C=CN1CCCC1=O. The minimum atomic E-state index is -0.342. The van der Waals surface area contributed by atoms with Crippen LogP contribution in [0.5, 0.6) is 0 Å². The molecule has 1 amide bonds. The maximum absolute atomic E-state index is 11.0. The second kappa shape index (κ2) is 9.33. The monoisotopic (exact) mass is 268 g/mol. The molecule has 0 aromatic carbocycles. The molecule has 2 N–H and O–H groups in total. The summed E-state index contributed by atoms with van der Waals surface area (Å²) >= 11 is 0. The maximum Gasteiger partial charge on any atom is 0.333 e. The number of nitrogens with zero attached hydrogens (tertiary/aromatic N) is 1. The molecule has 0 unspecified atom stereocenters. The summed E-state index contributed by atoms with van der Waals surface area (Å²) in [5.41, 5.74) is 5.64. The van der Waals surface area contributed by atoms with Crippen LogP contribution < -0.4 is 5.73 Å². The van der Waals surface area contributed by atoms with E-state index in [9.17, 15) is 9.59 Å². The predicted octanol–water partition coefficient (Wildman–Crippen LogP) is 1.45. The molecule has 1 heterocycles. The van der Waals surface area contributed by atoms with Crippen molar-refractivity contribution in [3.05, 3.63) is 24.9 Å². The summed E-state index contributed by atoms with van der Waals surface area (Å²) in [6, 6.07) is 0. The van der Waals surface area contributed by atoms with E-state index in [1.807, 2.05) is 13.8 Å². The van der Waals surface area contributed by atoms with Crippen molar-refractivity contribution in [1.29, 1.82) is 0 Å². The zero-order chi connectivity index (χ0) is 14.8. The van der Waals surface area contributed by atoms with Gasteiger partial charge in [-0.2, -0.15) is 0 Å². The van der Waals surface area contributed by atoms with Crippen molar-refractivity contribution in [2.75, 3.05) is 19.7 Å². The fourth-order valence-corrected chi connectivity index (χ4v) is 1.34. The molecule has 0 bridgehead atoms. The molecule has 0 saturated carbocycles. The molecule has 1 saturated heterocycles. The van der Waals surface area contributed by atoms with Crippen LogP contribution >= 0.6 is 0 Å². The fraction of sp³-hybridized carbons (Fsp3) is 0.571. The zero-order valence-electron chi connectivity index (χ0n) is 11.9. The Kier molecular flexibility index (Phi) is 8.53. The zero-order valence-corrected chi connectivity index (χ0v) is 11.9. The van der Waals surface area contributed by atoms with E-state index in [-0.39, 0.29) is 24.4 Å². The number of esters is 1. The van der Waals surface area contributed by atoms with Gasteiger partial charge in [-0.3, -0.25) is 4.79 Å². The lowest BCUT2D eigenvalue weighted by molar-refractivity contribution is -0.139. The molecule has 5 heteroatoms. The van der Waals surface area contributed by atoms with Gasteiger partial charge in [0.1, 0.15) is 6.61 Å². The molecule has 0 aromatic heterocycles. The lowest BCUT2D eigenvalue weighted by atomic mass is 10.1. The number of carbonyl (C=O) groups excluding carboxylic acids is 2. The Morgan fingerprint density at radius 2 is 2.21 bits per heavy atom. The molecule has 1 aliphatic rings. The van der Waals surface area contributed by atoms with Crippen LogP contribution in [0.25, 0.3) is 0 Å². The summed E-state index contributed by atoms with van der Waals surface area (Å²) in [7, 11) is 0. The topological polar surface area (TPSA) is 72.6 Å². The Balaban J connectivity index is 0.000000356. The third kappa shape index (κ3) is 6.76. The van der Waals surface area contributed by atoms with Crippen molar-refractivity contribution < 1.29 is 14.3 Å². The molecule has 1 rings (SSSR count). The highest BCUT2D eigenvalue weighted by Gasteiger charge is 2.16. The number of nitrogens with two attached hydrogens (primary N) is 1. The van der Waals surface area contributed by atoms with Gasteiger partial charge in [-0.1, -0.05) is 27.0 Å². The standard InChI is InChI=1S/C8H15NO2.C6H9NO/c1-6(2)7(3)8(10)11-5-4-9;1-2-7-5-3-4-6(7)8/h6H,3-5,9H2,1-2H3;2H,1,3-5H2. The fourth-order valence-electron chi connectivity index (χ4n) is 1.34. The van der Waals surface area contributed by atoms with Gasteiger partial charge in [0, 0.05) is 25.1 Å². The molecule has 1 fully saturated rings. The minimum Gasteiger partial charge on any atom is -0.461 e. The van der Waals surface area contributed by atoms with E-state index < -0.39 is 0 Å². The predicted molar refractivity (Wildman–Crippen MR) is 75.1 cm³/mol. The molecule has 0 aliphatic carbocycles. The van der Waals surface area contributed by atoms with Crippen molar-refractivity contribution >= 4 is 11.9 Å². The van der Waals surface area contributed by atoms with Crippen LogP contribution in [-0.2, 0) is 14.3 Å². The second-order valence-corrected chi connectivity index (χ2v) is 4.48. The summed E-state index contributed by atoms with van der Waals surface area (Å²) in [6.45, 7) is 12.4. The molecule has 5 nitrogen and oxygen atoms in total. The molecule has 0 aromatic rings. The van der Waals surface area contributed by atoms with Gasteiger partial charge in [0.15, 0.2) is 0 Å². The smallest absolute Gasteiger partial charge is 0.333 e. The Morgan fingerprint density at radius 3 is 2.53 bits per heavy atom. The second-order valence-electron chi connectivity index (χ2n) is 4.48. The van der Waals surface area contributed by atoms with Crippen molar-refractivity contribution in [3.8, 4) is 0 Å². The number of likely N-dealkylation sites (tertiary alicyclic amines) is 1. The van der Waals surface area contributed by atoms with Crippen LogP contribution in [0.4, 0.5) is 0 Å². The third-order valence-electron chi connectivity index (χ3n) is 2.64. The number of carbonyl (C=O) groups is 2. The normalized spacial score (nSPS) is 13.9. The first-order chi connectivity index (χ1) is 8.93. The van der Waals surface area contributed by atoms with E-state index in [1.165, 1.54) is 0 Å². The summed E-state index contributed by atoms with van der Waals surface area (Å²) in [4.78, 5) is 23.3. The number of hydrogen-bond acceptors (Lipinski definition) is 4. The lowest BCUT2D eigenvalue weighted by Gasteiger charge is -2.07. The molecule has 0 atom stereocenters. The largest absolute Gasteiger partial charge is 0.461 e. The Labute approximate surface area is 115 Å². The van der Waals surface area contributed by atoms with E-state index in [0.29, 0.717) is 18.5 Å². The van der Waals surface area contributed by atoms with Gasteiger partial charge in [-0.15, -0.1) is 0 Å². The van der Waals surface area contributed by atoms with E-state index in [0.717, 1.165) is 13.0 Å². The quantitative estimate of drug-likeness (QED) is 0.605. The van der Waals surface area contributed by atoms with E-state index in [4.69, 9.17) is 10.5 Å². The molecule has 108 valence electrons. The summed E-state index contributed by atoms with van der Waals surface area (Å²) in [5.74, 6) is 0.00530. The van der Waals surface area contributed by atoms with Crippen LogP contribution in [0.3, 0.4) is 0 Å². The van der Waals surface area contributed by atoms with Crippen LogP contribution in [0.1, 0.15) is 26.7 Å². The van der Waals surface area contributed by atoms with Gasteiger partial charge in [-0.25, -0.2) is 4.79 Å². The number of amides is 1. The van der Waals surface area contributed by atoms with Gasteiger partial charge in [-0.05, 0) is 18.5 Å². The highest BCUT2D eigenvalue weighted by atomic mass is 16.5. The third-order valence-corrected chi connectivity index (χ3v) is 2.64. The number of ether oxygens (including phenoxy) is 1. The summed E-state index contributed by atoms with van der Waals surface area (Å²) in [5, 5.41) is 0. The first-order valence-electron chi connectivity index (χ1n) is 6.42. The molecule has 19 heavy (non-hydrogen) atoms. The van der Waals surface area contributed by atoms with Gasteiger partial charge in [0.05, 0.1) is 0 Å². The van der Waals surface area contributed by atoms with E-state index in [2.05, 4.69) is 13.2 Å². The number of rotatable bonds is 5. The summed E-state index contributed by atoms with van der Waals surface area (Å²) in [6.07, 6.45) is 3.28. The number of hydrogen-bond donors (Lipinski definition) is 1. The van der Waals surface area contributed by atoms with Crippen molar-refractivity contribution in [2.24, 2.45) is 11.7 Å². The van der Waals surface area contributed by atoms with Crippen LogP contribution in [0.2, 0.25) is 0 Å². The van der Waals surface area contributed by atoms with Crippen LogP contribution in [-0.4, -0.2) is 36.5 Å². The lowest BCUT2D eigenvalue weighted by Crippen LogP contribution is -2.16. The van der Waals surface area contributed by atoms with E-state index in [1.54, 1.807) is 11.1 Å². The minimum absolute atomic E-state index is 0.139. The average Bonchev–Trinajstić information content (AvgIpc) is 2.81. The summed E-state index contributed by atoms with van der Waals surface area (Å²) < 4.78 is 4.75. The van der Waals surface area contributed by atoms with Gasteiger partial charge < -0.3 is 15.4 Å². The highest BCUT2D eigenvalue weighted by molar-refractivity contribution is 5.88. The van der Waals surface area contributed by atoms with Crippen molar-refractivity contribution in [2.45, 2.75) is 26.7 Å². The molecule has 0 spiro atoms. The maximum atomic E-state index is 11.0. The molecular formula is C14H24N2O3. The highest BCUT2D eigenvalue weighted by Crippen LogP contribution is 2.08. The molecule has 0 radical (unpaired) electrons. The first-order valence-corrected chi connectivity index (χ1v) is 6.42. The van der Waals surface area contributed by atoms with Gasteiger partial charge in [0.25, 0.3) is 0 Å². The van der Waals surface area contributed by atoms with E-state index >= 15 is 0 Å². The van der Waals surface area contributed by atoms with Gasteiger partial charge >= 0.3 is 5.97 Å². The van der Waals surface area contributed by atoms with Crippen molar-refractivity contribution in [3.63, 3.8) is 0 Å². The van der Waals surface area contributed by atoms with Gasteiger partial charge in [0.2, 0.25) is 5.91 Å². The molecule has 1 aliphatic heterocycles. The Morgan fingerprint density at radius 1 is 1.58 bits per heavy atom. The average molecular weight is 268 g/mol. The Bertz CT molecular complexity index is 338. The van der Waals surface area contributed by atoms with Crippen LogP contribution in [0.15, 0.2) is 24.9 Å². The molecular weight excluding hydrogens is 244 g/mol. The Hall–Kier alpha value is -1.62. The van der Waals surface area contributed by atoms with Crippen LogP contribution in [0, 0.1) is 5.92 Å². The van der Waals surface area contributed by atoms with Crippen molar-refractivity contribution in [1.82, 2.24) is 4.90 Å².